The predicted molar refractivity (Wildman–Crippen MR) is 107 cm³/mol. The second kappa shape index (κ2) is 13.5. The standard InChI is InChI=1S/C16H27N3O.2C2HF3O2/c1-20-13-15-10-18(9-14-5-3-2-4-6-14)12-16-7-8-17-19(16)11-15;2*3-2(4,5)1(6)7/h7-8,14-15H,2-6,9-13H2,1H3;2*(H,6,7). The Morgan fingerprint density at radius 2 is 1.53 bits per heavy atom. The molecule has 14 heteroatoms. The minimum Gasteiger partial charge on any atom is -0.475 e. The van der Waals surface area contributed by atoms with E-state index in [4.69, 9.17) is 24.5 Å². The molecule has 0 amide bonds. The predicted octanol–water partition coefficient (Wildman–Crippen LogP) is 3.81. The molecule has 2 heterocycles. The van der Waals surface area contributed by atoms with Crippen LogP contribution in [0.1, 0.15) is 37.8 Å². The van der Waals surface area contributed by atoms with E-state index in [1.165, 1.54) is 44.3 Å². The highest BCUT2D eigenvalue weighted by Gasteiger charge is 2.38. The van der Waals surface area contributed by atoms with Gasteiger partial charge in [-0.25, -0.2) is 9.59 Å². The minimum atomic E-state index is -5.08. The summed E-state index contributed by atoms with van der Waals surface area (Å²) in [5.41, 5.74) is 1.36. The van der Waals surface area contributed by atoms with Crippen LogP contribution < -0.4 is 0 Å². The van der Waals surface area contributed by atoms with Gasteiger partial charge in [-0.2, -0.15) is 31.4 Å². The number of rotatable bonds is 4. The van der Waals surface area contributed by atoms with Gasteiger partial charge in [0.05, 0.1) is 12.3 Å². The van der Waals surface area contributed by atoms with Crippen LogP contribution in [0.25, 0.3) is 0 Å². The summed E-state index contributed by atoms with van der Waals surface area (Å²) >= 11 is 0. The number of fused-ring (bicyclic) bond motifs is 1. The van der Waals surface area contributed by atoms with E-state index in [0.717, 1.165) is 32.2 Å². The number of aromatic nitrogens is 2. The number of halogens is 6. The molecule has 2 N–H and O–H groups in total. The first-order valence-electron chi connectivity index (χ1n) is 10.6. The molecule has 1 aliphatic carbocycles. The van der Waals surface area contributed by atoms with Crippen LogP contribution in [0, 0.1) is 11.8 Å². The van der Waals surface area contributed by atoms with Crippen LogP contribution in [-0.2, 0) is 27.4 Å². The number of alkyl halides is 6. The maximum Gasteiger partial charge on any atom is 0.490 e. The van der Waals surface area contributed by atoms with Crippen LogP contribution in [0.4, 0.5) is 26.3 Å². The van der Waals surface area contributed by atoms with Crippen molar-refractivity contribution in [3.63, 3.8) is 0 Å². The van der Waals surface area contributed by atoms with Gasteiger partial charge in [0.15, 0.2) is 0 Å². The SMILES string of the molecule is COCC1CN(CC2CCCCC2)Cc2ccnn2C1.O=C(O)C(F)(F)F.O=C(O)C(F)(F)F. The summed E-state index contributed by atoms with van der Waals surface area (Å²) in [5, 5.41) is 18.7. The van der Waals surface area contributed by atoms with Crippen molar-refractivity contribution in [3.8, 4) is 0 Å². The van der Waals surface area contributed by atoms with E-state index >= 15 is 0 Å². The second-order valence-corrected chi connectivity index (χ2v) is 8.13. The largest absolute Gasteiger partial charge is 0.490 e. The summed E-state index contributed by atoms with van der Waals surface area (Å²) in [6, 6.07) is 2.17. The van der Waals surface area contributed by atoms with Gasteiger partial charge in [-0.1, -0.05) is 19.3 Å². The minimum absolute atomic E-state index is 0.560. The van der Waals surface area contributed by atoms with Crippen molar-refractivity contribution in [2.45, 2.75) is 57.5 Å². The van der Waals surface area contributed by atoms with Crippen LogP contribution in [-0.4, -0.2) is 76.0 Å². The first-order chi connectivity index (χ1) is 15.7. The molecule has 0 bridgehead atoms. The summed E-state index contributed by atoms with van der Waals surface area (Å²) in [4.78, 5) is 20.4. The number of nitrogens with zero attached hydrogens (tertiary/aromatic N) is 3. The molecular formula is C20H29F6N3O5. The molecule has 8 nitrogen and oxygen atoms in total. The average Bonchev–Trinajstić information content (AvgIpc) is 3.08. The van der Waals surface area contributed by atoms with Crippen molar-refractivity contribution in [1.29, 1.82) is 0 Å². The third-order valence-electron chi connectivity index (χ3n) is 5.27. The fraction of sp³-hybridized carbons (Fsp3) is 0.750. The fourth-order valence-electron chi connectivity index (χ4n) is 3.83. The lowest BCUT2D eigenvalue weighted by Gasteiger charge is -2.30. The van der Waals surface area contributed by atoms with E-state index in [1.807, 2.05) is 6.20 Å². The normalized spacial score (nSPS) is 19.6. The van der Waals surface area contributed by atoms with Gasteiger partial charge in [0, 0.05) is 45.4 Å². The second-order valence-electron chi connectivity index (χ2n) is 8.13. The quantitative estimate of drug-likeness (QED) is 0.600. The van der Waals surface area contributed by atoms with E-state index in [2.05, 4.69) is 20.7 Å². The van der Waals surface area contributed by atoms with E-state index in [9.17, 15) is 26.3 Å². The van der Waals surface area contributed by atoms with Gasteiger partial charge in [0.25, 0.3) is 0 Å². The summed E-state index contributed by atoms with van der Waals surface area (Å²) in [7, 11) is 1.81. The number of carbonyl (C=O) groups is 2. The molecule has 1 aromatic rings. The maximum atomic E-state index is 10.6. The number of carboxylic acid groups (broad SMARTS) is 2. The number of hydrogen-bond acceptors (Lipinski definition) is 5. The topological polar surface area (TPSA) is 105 Å². The Bertz CT molecular complexity index is 739. The van der Waals surface area contributed by atoms with E-state index in [-0.39, 0.29) is 0 Å². The average molecular weight is 505 g/mol. The summed E-state index contributed by atoms with van der Waals surface area (Å²) < 4.78 is 71.0. The Balaban J connectivity index is 0.000000343. The summed E-state index contributed by atoms with van der Waals surface area (Å²) in [6.45, 7) is 5.29. The summed E-state index contributed by atoms with van der Waals surface area (Å²) in [5.74, 6) is -4.05. The smallest absolute Gasteiger partial charge is 0.475 e. The van der Waals surface area contributed by atoms with Crippen LogP contribution in [0.5, 0.6) is 0 Å². The van der Waals surface area contributed by atoms with Crippen molar-refractivity contribution in [1.82, 2.24) is 14.7 Å². The molecule has 1 aromatic heterocycles. The van der Waals surface area contributed by atoms with Gasteiger partial charge in [-0.3, -0.25) is 9.58 Å². The molecule has 1 aliphatic heterocycles. The number of aliphatic carboxylic acids is 2. The molecule has 0 radical (unpaired) electrons. The van der Waals surface area contributed by atoms with Crippen molar-refractivity contribution in [2.24, 2.45) is 11.8 Å². The molecule has 2 aliphatic rings. The molecule has 34 heavy (non-hydrogen) atoms. The fourth-order valence-corrected chi connectivity index (χ4v) is 3.83. The van der Waals surface area contributed by atoms with Crippen molar-refractivity contribution >= 4 is 11.9 Å². The summed E-state index contributed by atoms with van der Waals surface area (Å²) in [6.07, 6.45) is -1.09. The third-order valence-corrected chi connectivity index (χ3v) is 5.27. The molecular weight excluding hydrogens is 476 g/mol. The molecule has 3 rings (SSSR count). The van der Waals surface area contributed by atoms with Crippen LogP contribution in [0.2, 0.25) is 0 Å². The molecule has 1 saturated carbocycles. The number of methoxy groups -OCH3 is 1. The zero-order chi connectivity index (χ0) is 25.9. The van der Waals surface area contributed by atoms with Gasteiger partial charge < -0.3 is 14.9 Å². The molecule has 1 atom stereocenters. The Kier molecular flexibility index (Phi) is 11.8. The van der Waals surface area contributed by atoms with Crippen molar-refractivity contribution < 1.29 is 50.9 Å². The molecule has 0 aromatic carbocycles. The van der Waals surface area contributed by atoms with E-state index in [1.54, 1.807) is 7.11 Å². The highest BCUT2D eigenvalue weighted by Crippen LogP contribution is 2.26. The Morgan fingerprint density at radius 3 is 2.00 bits per heavy atom. The molecule has 1 unspecified atom stereocenters. The van der Waals surface area contributed by atoms with Crippen molar-refractivity contribution in [2.75, 3.05) is 26.8 Å². The van der Waals surface area contributed by atoms with Crippen LogP contribution in [0.3, 0.4) is 0 Å². The Hall–Kier alpha value is -2.35. The zero-order valence-electron chi connectivity index (χ0n) is 18.6. The van der Waals surface area contributed by atoms with Crippen LogP contribution in [0.15, 0.2) is 12.3 Å². The van der Waals surface area contributed by atoms with Crippen molar-refractivity contribution in [3.05, 3.63) is 18.0 Å². The number of hydrogen-bond donors (Lipinski definition) is 2. The lowest BCUT2D eigenvalue weighted by Crippen LogP contribution is -2.34. The number of ether oxygens (including phenoxy) is 1. The highest BCUT2D eigenvalue weighted by molar-refractivity contribution is 5.73. The Morgan fingerprint density at radius 1 is 1.00 bits per heavy atom. The molecule has 0 saturated heterocycles. The van der Waals surface area contributed by atoms with Gasteiger partial charge in [0.2, 0.25) is 0 Å². The molecule has 1 fully saturated rings. The van der Waals surface area contributed by atoms with Gasteiger partial charge >= 0.3 is 24.3 Å². The first-order valence-corrected chi connectivity index (χ1v) is 10.6. The zero-order valence-corrected chi connectivity index (χ0v) is 18.6. The third kappa shape index (κ3) is 11.2. The lowest BCUT2D eigenvalue weighted by molar-refractivity contribution is -0.193. The number of carboxylic acids is 2. The maximum absolute atomic E-state index is 10.6. The molecule has 196 valence electrons. The first kappa shape index (κ1) is 29.7. The highest BCUT2D eigenvalue weighted by atomic mass is 19.4. The monoisotopic (exact) mass is 505 g/mol. The van der Waals surface area contributed by atoms with E-state index < -0.39 is 24.3 Å². The van der Waals surface area contributed by atoms with Gasteiger partial charge in [0.1, 0.15) is 0 Å². The molecule has 0 spiro atoms. The Labute approximate surface area is 192 Å². The van der Waals surface area contributed by atoms with Crippen LogP contribution >= 0.6 is 0 Å². The lowest BCUT2D eigenvalue weighted by atomic mass is 9.89. The van der Waals surface area contributed by atoms with Gasteiger partial charge in [-0.15, -0.1) is 0 Å². The van der Waals surface area contributed by atoms with E-state index in [0.29, 0.717) is 5.92 Å². The van der Waals surface area contributed by atoms with Gasteiger partial charge in [-0.05, 0) is 24.8 Å².